The number of urea groups is 1. The largest absolute Gasteiger partial charge is 0.493 e. The second kappa shape index (κ2) is 7.01. The number of hydrogen-bond donors (Lipinski definition) is 2. The van der Waals surface area contributed by atoms with Gasteiger partial charge in [-0.2, -0.15) is 0 Å². The van der Waals surface area contributed by atoms with Gasteiger partial charge in [-0.3, -0.25) is 0 Å². The van der Waals surface area contributed by atoms with Crippen LogP contribution in [0.2, 0.25) is 0 Å². The Hall–Kier alpha value is -2.76. The van der Waals surface area contributed by atoms with Crippen LogP contribution in [0.25, 0.3) is 0 Å². The van der Waals surface area contributed by atoms with Gasteiger partial charge in [0.15, 0.2) is 11.5 Å². The lowest BCUT2D eigenvalue weighted by Gasteiger charge is -2.19. The molecule has 0 atom stereocenters. The van der Waals surface area contributed by atoms with Gasteiger partial charge in [-0.15, -0.1) is 0 Å². The predicted molar refractivity (Wildman–Crippen MR) is 93.9 cm³/mol. The fourth-order valence-corrected chi connectivity index (χ4v) is 2.86. The summed E-state index contributed by atoms with van der Waals surface area (Å²) >= 11 is 0. The summed E-state index contributed by atoms with van der Waals surface area (Å²) in [6.45, 7) is 0.475. The fourth-order valence-electron chi connectivity index (χ4n) is 2.86. The van der Waals surface area contributed by atoms with Gasteiger partial charge in [0.05, 0.1) is 19.9 Å². The summed E-state index contributed by atoms with van der Waals surface area (Å²) in [5, 5.41) is 5.37. The maximum atomic E-state index is 13.6. The number of amides is 2. The highest BCUT2D eigenvalue weighted by atomic mass is 19.1. The van der Waals surface area contributed by atoms with Gasteiger partial charge in [-0.25, -0.2) is 9.18 Å². The Labute approximate surface area is 146 Å². The van der Waals surface area contributed by atoms with E-state index >= 15 is 0 Å². The summed E-state index contributed by atoms with van der Waals surface area (Å²) in [7, 11) is 3.19. The van der Waals surface area contributed by atoms with E-state index in [1.165, 1.54) is 12.1 Å². The van der Waals surface area contributed by atoms with Crippen molar-refractivity contribution in [2.45, 2.75) is 18.3 Å². The number of benzene rings is 2. The maximum absolute atomic E-state index is 13.6. The minimum atomic E-state index is -0.460. The third kappa shape index (κ3) is 3.68. The third-order valence-corrected chi connectivity index (χ3v) is 4.56. The molecule has 2 aromatic carbocycles. The number of para-hydroxylation sites is 1. The number of rotatable bonds is 6. The molecule has 2 N–H and O–H groups in total. The van der Waals surface area contributed by atoms with Crippen LogP contribution in [0.1, 0.15) is 18.4 Å². The molecule has 5 nitrogen and oxygen atoms in total. The van der Waals surface area contributed by atoms with E-state index in [0.717, 1.165) is 18.4 Å². The molecule has 0 aromatic heterocycles. The monoisotopic (exact) mass is 344 g/mol. The lowest BCUT2D eigenvalue weighted by atomic mass is 9.95. The molecule has 2 amide bonds. The first-order valence-electron chi connectivity index (χ1n) is 8.10. The fraction of sp³-hybridized carbons (Fsp3) is 0.316. The minimum Gasteiger partial charge on any atom is -0.493 e. The van der Waals surface area contributed by atoms with E-state index in [1.54, 1.807) is 26.4 Å². The Kier molecular flexibility index (Phi) is 4.79. The molecule has 1 fully saturated rings. The number of halogens is 1. The van der Waals surface area contributed by atoms with Crippen LogP contribution < -0.4 is 20.1 Å². The van der Waals surface area contributed by atoms with Crippen molar-refractivity contribution < 1.29 is 18.7 Å². The van der Waals surface area contributed by atoms with Gasteiger partial charge < -0.3 is 20.1 Å². The molecule has 0 bridgehead atoms. The molecule has 25 heavy (non-hydrogen) atoms. The average Bonchev–Trinajstić information content (AvgIpc) is 3.42. The van der Waals surface area contributed by atoms with Crippen LogP contribution in [0.4, 0.5) is 14.9 Å². The van der Waals surface area contributed by atoms with E-state index in [-0.39, 0.29) is 11.1 Å². The Morgan fingerprint density at radius 1 is 1.12 bits per heavy atom. The average molecular weight is 344 g/mol. The number of carbonyl (C=O) groups is 1. The number of ether oxygens (including phenoxy) is 2. The first-order valence-corrected chi connectivity index (χ1v) is 8.10. The van der Waals surface area contributed by atoms with E-state index in [4.69, 9.17) is 9.47 Å². The highest BCUT2D eigenvalue weighted by Gasteiger charge is 2.44. The summed E-state index contributed by atoms with van der Waals surface area (Å²) in [4.78, 5) is 12.1. The second-order valence-electron chi connectivity index (χ2n) is 6.14. The molecule has 132 valence electrons. The van der Waals surface area contributed by atoms with Crippen molar-refractivity contribution in [3.8, 4) is 11.5 Å². The van der Waals surface area contributed by atoms with E-state index in [9.17, 15) is 9.18 Å². The topological polar surface area (TPSA) is 59.6 Å². The molecule has 0 radical (unpaired) electrons. The number of anilines is 1. The zero-order chi connectivity index (χ0) is 17.9. The molecule has 6 heteroatoms. The maximum Gasteiger partial charge on any atom is 0.319 e. The Morgan fingerprint density at radius 2 is 1.84 bits per heavy atom. The summed E-state index contributed by atoms with van der Waals surface area (Å²) in [6.07, 6.45) is 1.95. The van der Waals surface area contributed by atoms with Crippen molar-refractivity contribution >= 4 is 11.7 Å². The number of hydrogen-bond acceptors (Lipinski definition) is 3. The summed E-state index contributed by atoms with van der Waals surface area (Å²) in [6, 6.07) is 11.5. The second-order valence-corrected chi connectivity index (χ2v) is 6.14. The summed E-state index contributed by atoms with van der Waals surface area (Å²) in [5.41, 5.74) is 1.15. The molecule has 1 aliphatic rings. The Balaban J connectivity index is 1.65. The summed E-state index contributed by atoms with van der Waals surface area (Å²) < 4.78 is 24.2. The lowest BCUT2D eigenvalue weighted by Crippen LogP contribution is -2.35. The molecule has 0 unspecified atom stereocenters. The molecule has 0 heterocycles. The van der Waals surface area contributed by atoms with E-state index < -0.39 is 11.8 Å². The molecular weight excluding hydrogens is 323 g/mol. The minimum absolute atomic E-state index is 0.105. The molecule has 2 aromatic rings. The SMILES string of the molecule is COc1ccc(C2(CNC(=O)Nc3ccccc3F)CC2)cc1OC. The molecule has 0 saturated heterocycles. The van der Waals surface area contributed by atoms with Gasteiger partial charge in [0, 0.05) is 12.0 Å². The van der Waals surface area contributed by atoms with Crippen LogP contribution >= 0.6 is 0 Å². The van der Waals surface area contributed by atoms with Gasteiger partial charge in [0.1, 0.15) is 5.82 Å². The molecule has 0 aliphatic heterocycles. The van der Waals surface area contributed by atoms with Crippen LogP contribution in [0.3, 0.4) is 0 Å². The van der Waals surface area contributed by atoms with Crippen LogP contribution in [0.15, 0.2) is 42.5 Å². The predicted octanol–water partition coefficient (Wildman–Crippen LogP) is 3.70. The first kappa shape index (κ1) is 17.1. The van der Waals surface area contributed by atoms with E-state index in [0.29, 0.717) is 18.0 Å². The molecule has 0 spiro atoms. The zero-order valence-corrected chi connectivity index (χ0v) is 14.3. The van der Waals surface area contributed by atoms with Gasteiger partial charge in [-0.1, -0.05) is 18.2 Å². The first-order chi connectivity index (χ1) is 12.1. The van der Waals surface area contributed by atoms with Crippen LogP contribution in [-0.2, 0) is 5.41 Å². The highest BCUT2D eigenvalue weighted by molar-refractivity contribution is 5.89. The normalized spacial score (nSPS) is 14.5. The summed E-state index contributed by atoms with van der Waals surface area (Å²) in [5.74, 6) is 0.882. The van der Waals surface area contributed by atoms with E-state index in [2.05, 4.69) is 10.6 Å². The van der Waals surface area contributed by atoms with Crippen LogP contribution in [0.5, 0.6) is 11.5 Å². The van der Waals surface area contributed by atoms with Crippen molar-refractivity contribution in [2.24, 2.45) is 0 Å². The third-order valence-electron chi connectivity index (χ3n) is 4.56. The molecule has 1 saturated carbocycles. The molecule has 1 aliphatic carbocycles. The zero-order valence-electron chi connectivity index (χ0n) is 14.3. The van der Waals surface area contributed by atoms with Crippen molar-refractivity contribution in [3.63, 3.8) is 0 Å². The van der Waals surface area contributed by atoms with Gasteiger partial charge in [-0.05, 0) is 42.7 Å². The van der Waals surface area contributed by atoms with E-state index in [1.807, 2.05) is 18.2 Å². The van der Waals surface area contributed by atoms with Crippen LogP contribution in [-0.4, -0.2) is 26.8 Å². The van der Waals surface area contributed by atoms with Gasteiger partial charge in [0.2, 0.25) is 0 Å². The molecular formula is C19H21FN2O3. The molecule has 3 rings (SSSR count). The van der Waals surface area contributed by atoms with Crippen molar-refractivity contribution in [3.05, 3.63) is 53.8 Å². The standard InChI is InChI=1S/C19H21FN2O3/c1-24-16-8-7-13(11-17(16)25-2)19(9-10-19)12-21-18(23)22-15-6-4-3-5-14(15)20/h3-8,11H,9-10,12H2,1-2H3,(H2,21,22,23). The highest BCUT2D eigenvalue weighted by Crippen LogP contribution is 2.49. The van der Waals surface area contributed by atoms with Crippen molar-refractivity contribution in [2.75, 3.05) is 26.1 Å². The Bertz CT molecular complexity index is 775. The number of carbonyl (C=O) groups excluding carboxylic acids is 1. The Morgan fingerprint density at radius 3 is 2.48 bits per heavy atom. The van der Waals surface area contributed by atoms with Gasteiger partial charge in [0.25, 0.3) is 0 Å². The number of methoxy groups -OCH3 is 2. The van der Waals surface area contributed by atoms with Gasteiger partial charge >= 0.3 is 6.03 Å². The number of nitrogens with one attached hydrogen (secondary N) is 2. The lowest BCUT2D eigenvalue weighted by molar-refractivity contribution is 0.251. The smallest absolute Gasteiger partial charge is 0.319 e. The van der Waals surface area contributed by atoms with Crippen molar-refractivity contribution in [1.29, 1.82) is 0 Å². The van der Waals surface area contributed by atoms with Crippen LogP contribution in [0, 0.1) is 5.82 Å². The quantitative estimate of drug-likeness (QED) is 0.840. The van der Waals surface area contributed by atoms with Crippen molar-refractivity contribution in [1.82, 2.24) is 5.32 Å².